The molecule has 5 rings (SSSR count). The lowest BCUT2D eigenvalue weighted by atomic mass is 10.0. The number of aromatic amines is 1. The summed E-state index contributed by atoms with van der Waals surface area (Å²) in [6.07, 6.45) is 1.72. The van der Waals surface area contributed by atoms with Gasteiger partial charge in [-0.15, -0.1) is 0 Å². The van der Waals surface area contributed by atoms with Crippen molar-refractivity contribution in [3.63, 3.8) is 0 Å². The lowest BCUT2D eigenvalue weighted by molar-refractivity contribution is 0.624. The van der Waals surface area contributed by atoms with Crippen LogP contribution in [0.2, 0.25) is 0 Å². The van der Waals surface area contributed by atoms with E-state index in [1.807, 2.05) is 18.2 Å². The highest BCUT2D eigenvalue weighted by Crippen LogP contribution is 2.36. The minimum atomic E-state index is -0.605. The van der Waals surface area contributed by atoms with Crippen molar-refractivity contribution >= 4 is 11.0 Å². The Labute approximate surface area is 147 Å². The maximum absolute atomic E-state index is 14.7. The molecule has 7 heteroatoms. The molecule has 1 aliphatic heterocycles. The zero-order chi connectivity index (χ0) is 18.0. The molecule has 0 spiro atoms. The van der Waals surface area contributed by atoms with Gasteiger partial charge in [0.05, 0.1) is 5.39 Å². The molecular weight excluding hydrogens is 335 g/mol. The van der Waals surface area contributed by atoms with E-state index in [1.54, 1.807) is 0 Å². The molecule has 3 aromatic rings. The van der Waals surface area contributed by atoms with Crippen molar-refractivity contribution in [2.75, 3.05) is 0 Å². The molecule has 6 nitrogen and oxygen atoms in total. The van der Waals surface area contributed by atoms with Crippen LogP contribution in [0.4, 0.5) is 4.39 Å². The van der Waals surface area contributed by atoms with E-state index >= 15 is 0 Å². The van der Waals surface area contributed by atoms with E-state index in [4.69, 9.17) is 0 Å². The molecule has 0 bridgehead atoms. The van der Waals surface area contributed by atoms with Crippen LogP contribution in [0, 0.1) is 5.82 Å². The fourth-order valence-corrected chi connectivity index (χ4v) is 3.73. The normalized spacial score (nSPS) is 19.1. The number of aromatic nitrogens is 3. The van der Waals surface area contributed by atoms with Crippen LogP contribution >= 0.6 is 0 Å². The summed E-state index contributed by atoms with van der Waals surface area (Å²) in [5.41, 5.74) is 2.29. The van der Waals surface area contributed by atoms with Crippen molar-refractivity contribution in [2.45, 2.75) is 38.4 Å². The molecule has 1 aliphatic carbocycles. The summed E-state index contributed by atoms with van der Waals surface area (Å²) in [4.78, 5) is 31.0. The first-order chi connectivity index (χ1) is 12.5. The van der Waals surface area contributed by atoms with E-state index in [0.29, 0.717) is 5.56 Å². The molecule has 1 atom stereocenters. The standard InChI is InChI=1S/C19H17FN4O2/c1-9-13-5-2-10(6-11(13)8-21-9)16-15(20)7-14-17(22-16)24(12-3-4-12)19(26)23-18(14)25/h2,5-7,9,12,21H,3-4,8H2,1H3,(H,23,25,26). The van der Waals surface area contributed by atoms with Gasteiger partial charge in [-0.3, -0.25) is 14.3 Å². The van der Waals surface area contributed by atoms with E-state index in [-0.39, 0.29) is 28.8 Å². The van der Waals surface area contributed by atoms with Gasteiger partial charge < -0.3 is 5.32 Å². The summed E-state index contributed by atoms with van der Waals surface area (Å²) in [5, 5.41) is 3.46. The zero-order valence-corrected chi connectivity index (χ0v) is 14.2. The molecule has 3 heterocycles. The van der Waals surface area contributed by atoms with E-state index in [1.165, 1.54) is 16.2 Å². The summed E-state index contributed by atoms with van der Waals surface area (Å²) in [5.74, 6) is -0.567. The van der Waals surface area contributed by atoms with Crippen LogP contribution < -0.4 is 16.6 Å². The molecule has 26 heavy (non-hydrogen) atoms. The maximum atomic E-state index is 14.7. The lowest BCUT2D eigenvalue weighted by Crippen LogP contribution is -2.30. The van der Waals surface area contributed by atoms with Gasteiger partial charge in [0, 0.05) is 24.2 Å². The second-order valence-corrected chi connectivity index (χ2v) is 7.07. The van der Waals surface area contributed by atoms with Crippen LogP contribution in [0.5, 0.6) is 0 Å². The molecule has 2 aromatic heterocycles. The van der Waals surface area contributed by atoms with Gasteiger partial charge in [0.25, 0.3) is 5.56 Å². The van der Waals surface area contributed by atoms with Crippen molar-refractivity contribution in [1.29, 1.82) is 0 Å². The lowest BCUT2D eigenvalue weighted by Gasteiger charge is -2.11. The van der Waals surface area contributed by atoms with Gasteiger partial charge in [-0.2, -0.15) is 0 Å². The minimum absolute atomic E-state index is 0.0257. The number of nitrogens with one attached hydrogen (secondary N) is 2. The van der Waals surface area contributed by atoms with Crippen molar-refractivity contribution in [3.05, 3.63) is 62.0 Å². The average molecular weight is 352 g/mol. The number of benzene rings is 1. The minimum Gasteiger partial charge on any atom is -0.306 e. The number of hydrogen-bond acceptors (Lipinski definition) is 4. The first-order valence-electron chi connectivity index (χ1n) is 8.74. The predicted molar refractivity (Wildman–Crippen MR) is 95.5 cm³/mol. The third kappa shape index (κ3) is 2.24. The van der Waals surface area contributed by atoms with Crippen molar-refractivity contribution < 1.29 is 4.39 Å². The fourth-order valence-electron chi connectivity index (χ4n) is 3.73. The molecule has 0 radical (unpaired) electrons. The monoisotopic (exact) mass is 352 g/mol. The third-order valence-electron chi connectivity index (χ3n) is 5.26. The Morgan fingerprint density at radius 2 is 2.04 bits per heavy atom. The van der Waals surface area contributed by atoms with Crippen LogP contribution in [-0.4, -0.2) is 14.5 Å². The maximum Gasteiger partial charge on any atom is 0.330 e. The van der Waals surface area contributed by atoms with Gasteiger partial charge >= 0.3 is 5.69 Å². The van der Waals surface area contributed by atoms with Crippen molar-refractivity contribution in [3.8, 4) is 11.3 Å². The SMILES string of the molecule is CC1NCc2cc(-c3nc4c(cc3F)c(=O)[nH]c(=O)n4C3CC3)ccc21. The Morgan fingerprint density at radius 1 is 1.23 bits per heavy atom. The summed E-state index contributed by atoms with van der Waals surface area (Å²) in [6.45, 7) is 2.81. The second kappa shape index (κ2) is 5.35. The summed E-state index contributed by atoms with van der Waals surface area (Å²) in [6, 6.07) is 7.22. The topological polar surface area (TPSA) is 79.8 Å². The number of fused-ring (bicyclic) bond motifs is 2. The van der Waals surface area contributed by atoms with Crippen molar-refractivity contribution in [1.82, 2.24) is 19.9 Å². The van der Waals surface area contributed by atoms with Gasteiger partial charge in [-0.05, 0) is 43.0 Å². The van der Waals surface area contributed by atoms with Gasteiger partial charge in [0.1, 0.15) is 11.5 Å². The van der Waals surface area contributed by atoms with Crippen LogP contribution in [0.1, 0.15) is 43.0 Å². The largest absolute Gasteiger partial charge is 0.330 e. The summed E-state index contributed by atoms with van der Waals surface area (Å²) in [7, 11) is 0. The zero-order valence-electron chi connectivity index (χ0n) is 14.2. The van der Waals surface area contributed by atoms with Crippen LogP contribution in [0.15, 0.2) is 33.9 Å². The molecule has 2 N–H and O–H groups in total. The molecule has 2 aliphatic rings. The number of nitrogens with zero attached hydrogens (tertiary/aromatic N) is 2. The predicted octanol–water partition coefficient (Wildman–Crippen LogP) is 2.39. The van der Waals surface area contributed by atoms with Gasteiger partial charge in [-0.1, -0.05) is 12.1 Å². The van der Waals surface area contributed by atoms with Gasteiger partial charge in [0.2, 0.25) is 0 Å². The first kappa shape index (κ1) is 15.5. The number of halogens is 1. The van der Waals surface area contributed by atoms with Crippen LogP contribution in [-0.2, 0) is 6.54 Å². The smallest absolute Gasteiger partial charge is 0.306 e. The highest BCUT2D eigenvalue weighted by molar-refractivity contribution is 5.78. The van der Waals surface area contributed by atoms with Crippen molar-refractivity contribution in [2.24, 2.45) is 0 Å². The second-order valence-electron chi connectivity index (χ2n) is 7.07. The molecule has 1 fully saturated rings. The van der Waals surface area contributed by atoms with Crippen LogP contribution in [0.25, 0.3) is 22.3 Å². The Bertz CT molecular complexity index is 1180. The summed E-state index contributed by atoms with van der Waals surface area (Å²) >= 11 is 0. The first-order valence-corrected chi connectivity index (χ1v) is 8.74. The van der Waals surface area contributed by atoms with E-state index < -0.39 is 17.1 Å². The highest BCUT2D eigenvalue weighted by atomic mass is 19.1. The Balaban J connectivity index is 1.77. The van der Waals surface area contributed by atoms with Crippen LogP contribution in [0.3, 0.4) is 0 Å². The Hall–Kier alpha value is -2.80. The Morgan fingerprint density at radius 3 is 2.81 bits per heavy atom. The molecule has 0 amide bonds. The van der Waals surface area contributed by atoms with Gasteiger partial charge in [0.15, 0.2) is 5.65 Å². The number of hydrogen-bond donors (Lipinski definition) is 2. The average Bonchev–Trinajstić information content (AvgIpc) is 3.38. The summed E-state index contributed by atoms with van der Waals surface area (Å²) < 4.78 is 16.2. The number of pyridine rings is 1. The van der Waals surface area contributed by atoms with Gasteiger partial charge in [-0.25, -0.2) is 14.2 Å². The highest BCUT2D eigenvalue weighted by Gasteiger charge is 2.28. The molecule has 1 aromatic carbocycles. The quantitative estimate of drug-likeness (QED) is 0.742. The molecule has 0 saturated heterocycles. The number of rotatable bonds is 2. The van der Waals surface area contributed by atoms with E-state index in [9.17, 15) is 14.0 Å². The van der Waals surface area contributed by atoms with E-state index in [0.717, 1.165) is 24.9 Å². The molecule has 132 valence electrons. The molecule has 1 unspecified atom stereocenters. The fraction of sp³-hybridized carbons (Fsp3) is 0.316. The molecular formula is C19H17FN4O2. The third-order valence-corrected chi connectivity index (χ3v) is 5.26. The number of H-pyrrole nitrogens is 1. The Kier molecular flexibility index (Phi) is 3.18. The molecule has 1 saturated carbocycles. The van der Waals surface area contributed by atoms with E-state index in [2.05, 4.69) is 22.2 Å².